The van der Waals surface area contributed by atoms with Gasteiger partial charge in [0.25, 0.3) is 0 Å². The molecule has 0 saturated carbocycles. The highest BCUT2D eigenvalue weighted by molar-refractivity contribution is 7.97. The van der Waals surface area contributed by atoms with Crippen molar-refractivity contribution in [1.29, 1.82) is 0 Å². The molecule has 0 atom stereocenters. The third-order valence-electron chi connectivity index (χ3n) is 3.65. The van der Waals surface area contributed by atoms with E-state index in [4.69, 9.17) is 4.74 Å². The molecule has 0 unspecified atom stereocenters. The van der Waals surface area contributed by atoms with Crippen LogP contribution in [0.4, 0.5) is 0 Å². The van der Waals surface area contributed by atoms with E-state index in [1.54, 1.807) is 14.1 Å². The van der Waals surface area contributed by atoms with Gasteiger partial charge in [0.2, 0.25) is 0 Å². The van der Waals surface area contributed by atoms with Gasteiger partial charge in [-0.3, -0.25) is 0 Å². The van der Waals surface area contributed by atoms with Crippen molar-refractivity contribution in [2.45, 2.75) is 6.92 Å². The summed E-state index contributed by atoms with van der Waals surface area (Å²) in [6, 6.07) is 17.2. The molecule has 2 rings (SSSR count). The molecule has 0 heterocycles. The summed E-state index contributed by atoms with van der Waals surface area (Å²) in [6.45, 7) is 2.53. The highest BCUT2D eigenvalue weighted by Crippen LogP contribution is 2.16. The van der Waals surface area contributed by atoms with Gasteiger partial charge in [-0.25, -0.2) is 0 Å². The Morgan fingerprint density at radius 3 is 1.69 bits per heavy atom. The van der Waals surface area contributed by atoms with Crippen LogP contribution in [0.5, 0.6) is 5.75 Å². The zero-order valence-corrected chi connectivity index (χ0v) is 18.3. The first-order chi connectivity index (χ1) is 14.1. The third kappa shape index (κ3) is 6.95. The van der Waals surface area contributed by atoms with Gasteiger partial charge in [-0.05, 0) is 31.2 Å². The van der Waals surface area contributed by atoms with E-state index in [0.717, 1.165) is 16.9 Å². The van der Waals surface area contributed by atoms with Crippen LogP contribution in [0.3, 0.4) is 0 Å². The summed E-state index contributed by atoms with van der Waals surface area (Å²) < 4.78 is 5.53. The van der Waals surface area contributed by atoms with Gasteiger partial charge in [-0.1, -0.05) is 30.3 Å². The van der Waals surface area contributed by atoms with Crippen molar-refractivity contribution >= 4 is 47.0 Å². The van der Waals surface area contributed by atoms with E-state index < -0.39 is 0 Å². The van der Waals surface area contributed by atoms with Crippen molar-refractivity contribution in [2.75, 3.05) is 20.7 Å². The van der Waals surface area contributed by atoms with Gasteiger partial charge in [-0.15, -0.1) is 45.7 Å². The maximum Gasteiger partial charge on any atom is 0.179 e. The van der Waals surface area contributed by atoms with Crippen LogP contribution in [0.25, 0.3) is 0 Å². The zero-order chi connectivity index (χ0) is 21.1. The van der Waals surface area contributed by atoms with Crippen molar-refractivity contribution in [2.24, 2.45) is 20.4 Å². The Morgan fingerprint density at radius 2 is 1.24 bits per heavy atom. The predicted molar refractivity (Wildman–Crippen MR) is 128 cm³/mol. The van der Waals surface area contributed by atoms with Crippen LogP contribution in [-0.2, 0) is 0 Å². The molecule has 2 aromatic carbocycles. The number of hydrogen-bond acceptors (Lipinski definition) is 5. The number of rotatable bonds is 7. The second kappa shape index (κ2) is 11.9. The average molecular weight is 429 g/mol. The standard InChI is InChI=1S/C20H24N6OS2/c1-4-27-16-12-10-15(11-13-16)18(24-26-20(29)22-3)17(23-25-19(28)21-2)14-8-6-5-7-9-14/h5-13H,4H2,1-3H3,(H2,21,25,28)(H2,22,26,29)/b23-17+,24-18+. The molecule has 9 heteroatoms. The van der Waals surface area contributed by atoms with E-state index in [1.807, 2.05) is 61.5 Å². The summed E-state index contributed by atoms with van der Waals surface area (Å²) in [5.74, 6) is 0.772. The molecule has 2 N–H and O–H groups in total. The molecule has 0 amide bonds. The molecule has 0 radical (unpaired) electrons. The highest BCUT2D eigenvalue weighted by Gasteiger charge is 2.16. The summed E-state index contributed by atoms with van der Waals surface area (Å²) in [5.41, 5.74) is 2.71. The Hall–Kier alpha value is -2.78. The molecule has 0 spiro atoms. The van der Waals surface area contributed by atoms with Gasteiger partial charge >= 0.3 is 0 Å². The normalized spacial score (nSPS) is 13.3. The Labute approximate surface area is 181 Å². The number of thiol groups is 2. The Balaban J connectivity index is 2.64. The lowest BCUT2D eigenvalue weighted by Crippen LogP contribution is -2.19. The molecule has 152 valence electrons. The average Bonchev–Trinajstić information content (AvgIpc) is 2.77. The summed E-state index contributed by atoms with van der Waals surface area (Å²) in [7, 11) is 3.43. The number of ether oxygens (including phenoxy) is 1. The molecular weight excluding hydrogens is 404 g/mol. The Bertz CT molecular complexity index is 908. The smallest absolute Gasteiger partial charge is 0.179 e. The molecule has 7 nitrogen and oxygen atoms in total. The van der Waals surface area contributed by atoms with E-state index >= 15 is 0 Å². The number of amidine groups is 2. The second-order valence-electron chi connectivity index (χ2n) is 5.57. The number of nitrogens with one attached hydrogen (secondary N) is 2. The quantitative estimate of drug-likeness (QED) is 0.237. The van der Waals surface area contributed by atoms with E-state index in [0.29, 0.717) is 28.4 Å². The summed E-state index contributed by atoms with van der Waals surface area (Å²) in [4.78, 5) is 0. The summed E-state index contributed by atoms with van der Waals surface area (Å²) in [5, 5.41) is 23.5. The van der Waals surface area contributed by atoms with Crippen molar-refractivity contribution in [3.63, 3.8) is 0 Å². The van der Waals surface area contributed by atoms with Crippen LogP contribution in [0, 0.1) is 0 Å². The Kier molecular flexibility index (Phi) is 9.26. The molecule has 29 heavy (non-hydrogen) atoms. The van der Waals surface area contributed by atoms with Gasteiger partial charge in [-0.2, -0.15) is 0 Å². The largest absolute Gasteiger partial charge is 0.494 e. The third-order valence-corrected chi connectivity index (χ3v) is 4.27. The minimum absolute atomic E-state index is 0.370. The Morgan fingerprint density at radius 1 is 0.759 bits per heavy atom. The first kappa shape index (κ1) is 22.5. The monoisotopic (exact) mass is 428 g/mol. The van der Waals surface area contributed by atoms with Crippen LogP contribution in [0.2, 0.25) is 0 Å². The predicted octanol–water partition coefficient (Wildman–Crippen LogP) is 3.20. The maximum absolute atomic E-state index is 5.53. The molecule has 0 aliphatic heterocycles. The fourth-order valence-electron chi connectivity index (χ4n) is 2.25. The van der Waals surface area contributed by atoms with E-state index in [-0.39, 0.29) is 0 Å². The van der Waals surface area contributed by atoms with E-state index in [9.17, 15) is 0 Å². The maximum atomic E-state index is 5.53. The molecule has 0 aromatic heterocycles. The topological polar surface area (TPSA) is 82.7 Å². The number of benzene rings is 2. The first-order valence-electron chi connectivity index (χ1n) is 8.92. The van der Waals surface area contributed by atoms with Crippen molar-refractivity contribution in [3.05, 3.63) is 65.7 Å². The summed E-state index contributed by atoms with van der Waals surface area (Å²) in [6.07, 6.45) is 0. The minimum atomic E-state index is 0.370. The number of hydrogen-bond donors (Lipinski definition) is 4. The fraction of sp³-hybridized carbons (Fsp3) is 0.200. The van der Waals surface area contributed by atoms with Crippen LogP contribution in [0.1, 0.15) is 18.1 Å². The summed E-state index contributed by atoms with van der Waals surface area (Å²) >= 11 is 8.47. The van der Waals surface area contributed by atoms with Crippen LogP contribution >= 0.6 is 25.3 Å². The SMILES string of the molecule is CCOc1ccc(C(=N\N=C(/S)NC)/C(=N/N=C(\S)NC)c2ccccc2)cc1. The van der Waals surface area contributed by atoms with Gasteiger partial charge in [0, 0.05) is 25.2 Å². The number of nitrogens with zero attached hydrogens (tertiary/aromatic N) is 4. The second-order valence-corrected chi connectivity index (χ2v) is 6.42. The van der Waals surface area contributed by atoms with Crippen LogP contribution < -0.4 is 15.4 Å². The van der Waals surface area contributed by atoms with Crippen LogP contribution in [-0.4, -0.2) is 42.5 Å². The lowest BCUT2D eigenvalue weighted by atomic mass is 10.00. The molecular formula is C20H24N6OS2. The lowest BCUT2D eigenvalue weighted by molar-refractivity contribution is 0.340. The molecule has 0 saturated heterocycles. The fourth-order valence-corrected chi connectivity index (χ4v) is 2.34. The van der Waals surface area contributed by atoms with Crippen LogP contribution in [0.15, 0.2) is 75.0 Å². The molecule has 0 aliphatic carbocycles. The molecule has 2 aromatic rings. The molecule has 0 fully saturated rings. The van der Waals surface area contributed by atoms with Gasteiger partial charge in [0.15, 0.2) is 10.3 Å². The van der Waals surface area contributed by atoms with Crippen molar-refractivity contribution in [3.8, 4) is 5.75 Å². The zero-order valence-electron chi connectivity index (χ0n) is 16.5. The molecule has 0 bridgehead atoms. The lowest BCUT2D eigenvalue weighted by Gasteiger charge is -2.10. The van der Waals surface area contributed by atoms with Gasteiger partial charge in [0.1, 0.15) is 17.2 Å². The van der Waals surface area contributed by atoms with Crippen molar-refractivity contribution in [1.82, 2.24) is 10.6 Å². The van der Waals surface area contributed by atoms with Gasteiger partial charge in [0.05, 0.1) is 6.61 Å². The molecule has 0 aliphatic rings. The van der Waals surface area contributed by atoms with Gasteiger partial charge < -0.3 is 15.4 Å². The highest BCUT2D eigenvalue weighted by atomic mass is 32.1. The first-order valence-corrected chi connectivity index (χ1v) is 9.82. The van der Waals surface area contributed by atoms with Crippen molar-refractivity contribution < 1.29 is 4.74 Å². The van der Waals surface area contributed by atoms with E-state index in [2.05, 4.69) is 56.3 Å². The van der Waals surface area contributed by atoms with E-state index in [1.165, 1.54) is 0 Å². The minimum Gasteiger partial charge on any atom is -0.494 e.